The summed E-state index contributed by atoms with van der Waals surface area (Å²) in [5.74, 6) is 0. The lowest BCUT2D eigenvalue weighted by Crippen LogP contribution is -2.22. The normalized spacial score (nSPS) is 14.9. The van der Waals surface area contributed by atoms with E-state index < -0.39 is 5.60 Å². The highest BCUT2D eigenvalue weighted by molar-refractivity contribution is 7.05. The molecule has 1 N–H and O–H groups in total. The van der Waals surface area contributed by atoms with E-state index in [1.54, 1.807) is 6.92 Å². The second-order valence-corrected chi connectivity index (χ2v) is 4.38. The average molecular weight is 220 g/mol. The van der Waals surface area contributed by atoms with E-state index in [9.17, 15) is 5.11 Å². The molecule has 0 spiro atoms. The summed E-state index contributed by atoms with van der Waals surface area (Å²) in [5, 5.41) is 14.4. The van der Waals surface area contributed by atoms with Crippen molar-refractivity contribution >= 4 is 11.5 Å². The molecule has 4 heteroatoms. The van der Waals surface area contributed by atoms with Crippen LogP contribution in [0.1, 0.15) is 23.1 Å². The Labute approximate surface area is 92.6 Å². The van der Waals surface area contributed by atoms with E-state index in [2.05, 4.69) is 9.59 Å². The van der Waals surface area contributed by atoms with Crippen LogP contribution in [0.15, 0.2) is 30.3 Å². The molecule has 0 fully saturated rings. The fourth-order valence-corrected chi connectivity index (χ4v) is 2.28. The monoisotopic (exact) mass is 220 g/mol. The van der Waals surface area contributed by atoms with E-state index in [4.69, 9.17) is 0 Å². The zero-order valence-corrected chi connectivity index (χ0v) is 9.45. The number of aryl methyl sites for hydroxylation is 1. The average Bonchev–Trinajstić information content (AvgIpc) is 2.66. The molecule has 2 rings (SSSR count). The fraction of sp³-hybridized carbons (Fsp3) is 0.273. The van der Waals surface area contributed by atoms with Crippen molar-refractivity contribution in [1.29, 1.82) is 0 Å². The largest absolute Gasteiger partial charge is 0.380 e. The van der Waals surface area contributed by atoms with Crippen molar-refractivity contribution in [3.05, 3.63) is 46.5 Å². The van der Waals surface area contributed by atoms with Crippen LogP contribution in [0, 0.1) is 6.92 Å². The number of aliphatic hydroxyl groups is 1. The molecule has 15 heavy (non-hydrogen) atoms. The number of hydrogen-bond acceptors (Lipinski definition) is 4. The first kappa shape index (κ1) is 10.3. The van der Waals surface area contributed by atoms with Gasteiger partial charge in [0, 0.05) is 0 Å². The smallest absolute Gasteiger partial charge is 0.124 e. The first-order chi connectivity index (χ1) is 7.12. The molecule has 0 amide bonds. The Morgan fingerprint density at radius 2 is 1.93 bits per heavy atom. The van der Waals surface area contributed by atoms with Crippen LogP contribution < -0.4 is 0 Å². The van der Waals surface area contributed by atoms with Crippen molar-refractivity contribution in [2.24, 2.45) is 0 Å². The lowest BCUT2D eigenvalue weighted by Gasteiger charge is -2.22. The van der Waals surface area contributed by atoms with E-state index in [-0.39, 0.29) is 0 Å². The topological polar surface area (TPSA) is 46.0 Å². The lowest BCUT2D eigenvalue weighted by atomic mass is 9.93. The van der Waals surface area contributed by atoms with E-state index in [0.29, 0.717) is 0 Å². The maximum absolute atomic E-state index is 10.5. The summed E-state index contributed by atoms with van der Waals surface area (Å²) in [6.07, 6.45) is 0. The Hall–Kier alpha value is -1.26. The van der Waals surface area contributed by atoms with E-state index in [1.807, 2.05) is 37.3 Å². The number of nitrogens with zero attached hydrogens (tertiary/aromatic N) is 2. The molecule has 1 aromatic heterocycles. The number of hydrogen-bond donors (Lipinski definition) is 1. The molecule has 78 valence electrons. The Morgan fingerprint density at radius 1 is 1.27 bits per heavy atom. The van der Waals surface area contributed by atoms with Gasteiger partial charge >= 0.3 is 0 Å². The lowest BCUT2D eigenvalue weighted by molar-refractivity contribution is 0.105. The Morgan fingerprint density at radius 3 is 2.47 bits per heavy atom. The molecule has 0 aliphatic rings. The molecule has 0 bridgehead atoms. The first-order valence-corrected chi connectivity index (χ1v) is 5.47. The van der Waals surface area contributed by atoms with Gasteiger partial charge in [-0.3, -0.25) is 0 Å². The van der Waals surface area contributed by atoms with Crippen molar-refractivity contribution in [3.8, 4) is 0 Å². The van der Waals surface area contributed by atoms with Gasteiger partial charge in [0.1, 0.15) is 5.60 Å². The molecular formula is C11H12N2OS. The van der Waals surface area contributed by atoms with Gasteiger partial charge in [0.2, 0.25) is 0 Å². The molecule has 0 radical (unpaired) electrons. The highest BCUT2D eigenvalue weighted by Gasteiger charge is 2.29. The van der Waals surface area contributed by atoms with Gasteiger partial charge in [-0.05, 0) is 30.9 Å². The molecule has 0 saturated heterocycles. The summed E-state index contributed by atoms with van der Waals surface area (Å²) >= 11 is 1.24. The van der Waals surface area contributed by atoms with Gasteiger partial charge in [-0.2, -0.15) is 0 Å². The van der Waals surface area contributed by atoms with Crippen LogP contribution >= 0.6 is 11.5 Å². The fourth-order valence-electron chi connectivity index (χ4n) is 1.57. The third-order valence-corrected chi connectivity index (χ3v) is 3.47. The highest BCUT2D eigenvalue weighted by Crippen LogP contribution is 2.32. The van der Waals surface area contributed by atoms with Gasteiger partial charge < -0.3 is 5.11 Å². The standard InChI is InChI=1S/C11H12N2OS/c1-8-10(15-13-12-8)11(2,14)9-6-4-3-5-7-9/h3-7,14H,1-2H3. The second kappa shape index (κ2) is 3.72. The summed E-state index contributed by atoms with van der Waals surface area (Å²) in [4.78, 5) is 0.800. The molecule has 1 atom stereocenters. The predicted molar refractivity (Wildman–Crippen MR) is 59.8 cm³/mol. The number of aromatic nitrogens is 2. The number of rotatable bonds is 2. The maximum Gasteiger partial charge on any atom is 0.124 e. The molecule has 0 saturated carbocycles. The zero-order chi connectivity index (χ0) is 10.9. The minimum absolute atomic E-state index is 0.786. The number of benzene rings is 1. The van der Waals surface area contributed by atoms with Gasteiger partial charge in [-0.1, -0.05) is 34.8 Å². The van der Waals surface area contributed by atoms with E-state index >= 15 is 0 Å². The van der Waals surface area contributed by atoms with Crippen molar-refractivity contribution in [3.63, 3.8) is 0 Å². The van der Waals surface area contributed by atoms with Crippen molar-refractivity contribution in [2.75, 3.05) is 0 Å². The summed E-state index contributed by atoms with van der Waals surface area (Å²) in [6, 6.07) is 9.55. The molecule has 1 aromatic carbocycles. The molecule has 2 aromatic rings. The van der Waals surface area contributed by atoms with Crippen molar-refractivity contribution < 1.29 is 5.11 Å². The van der Waals surface area contributed by atoms with Crippen LogP contribution in [0.2, 0.25) is 0 Å². The summed E-state index contributed by atoms with van der Waals surface area (Å²) in [6.45, 7) is 3.63. The van der Waals surface area contributed by atoms with Crippen LogP contribution in [0.4, 0.5) is 0 Å². The van der Waals surface area contributed by atoms with Crippen LogP contribution in [-0.4, -0.2) is 14.7 Å². The summed E-state index contributed by atoms with van der Waals surface area (Å²) < 4.78 is 3.85. The molecular weight excluding hydrogens is 208 g/mol. The van der Waals surface area contributed by atoms with Crippen LogP contribution in [0.3, 0.4) is 0 Å². The predicted octanol–water partition coefficient (Wildman–Crippen LogP) is 2.10. The highest BCUT2D eigenvalue weighted by atomic mass is 32.1. The Kier molecular flexibility index (Phi) is 2.54. The van der Waals surface area contributed by atoms with E-state index in [1.165, 1.54) is 11.5 Å². The van der Waals surface area contributed by atoms with Gasteiger partial charge in [0.25, 0.3) is 0 Å². The third-order valence-electron chi connectivity index (χ3n) is 2.43. The minimum Gasteiger partial charge on any atom is -0.380 e. The maximum atomic E-state index is 10.5. The molecule has 0 aliphatic carbocycles. The molecule has 3 nitrogen and oxygen atoms in total. The second-order valence-electron chi connectivity index (χ2n) is 3.63. The van der Waals surface area contributed by atoms with Crippen LogP contribution in [0.25, 0.3) is 0 Å². The van der Waals surface area contributed by atoms with Crippen molar-refractivity contribution in [1.82, 2.24) is 9.59 Å². The van der Waals surface area contributed by atoms with Crippen molar-refractivity contribution in [2.45, 2.75) is 19.4 Å². The molecule has 0 aliphatic heterocycles. The first-order valence-electron chi connectivity index (χ1n) is 4.69. The third kappa shape index (κ3) is 1.78. The van der Waals surface area contributed by atoms with Crippen LogP contribution in [-0.2, 0) is 5.60 Å². The molecule has 1 heterocycles. The minimum atomic E-state index is -1.00. The SMILES string of the molecule is Cc1nnsc1C(C)(O)c1ccccc1. The Balaban J connectivity index is 2.48. The van der Waals surface area contributed by atoms with Gasteiger partial charge in [-0.15, -0.1) is 5.10 Å². The Bertz CT molecular complexity index is 451. The zero-order valence-electron chi connectivity index (χ0n) is 8.64. The quantitative estimate of drug-likeness (QED) is 0.843. The van der Waals surface area contributed by atoms with E-state index in [0.717, 1.165) is 16.1 Å². The summed E-state index contributed by atoms with van der Waals surface area (Å²) in [7, 11) is 0. The van der Waals surface area contributed by atoms with Gasteiger partial charge in [0.15, 0.2) is 0 Å². The van der Waals surface area contributed by atoms with Gasteiger partial charge in [-0.25, -0.2) is 0 Å². The van der Waals surface area contributed by atoms with Gasteiger partial charge in [0.05, 0.1) is 10.6 Å². The summed E-state index contributed by atoms with van der Waals surface area (Å²) in [5.41, 5.74) is 0.646. The molecule has 1 unspecified atom stereocenters. The van der Waals surface area contributed by atoms with Crippen LogP contribution in [0.5, 0.6) is 0 Å².